The fraction of sp³-hybridized carbons (Fsp3) is 0. The molecule has 0 bridgehead atoms. The van der Waals surface area contributed by atoms with Crippen molar-refractivity contribution < 1.29 is 18.4 Å². The van der Waals surface area contributed by atoms with Crippen LogP contribution in [0.3, 0.4) is 0 Å². The van der Waals surface area contributed by atoms with Gasteiger partial charge in [-0.2, -0.15) is 9.97 Å². The summed E-state index contributed by atoms with van der Waals surface area (Å²) in [7, 11) is 0. The largest absolute Gasteiger partial charge is 0.415 e. The van der Waals surface area contributed by atoms with Crippen molar-refractivity contribution in [3.63, 3.8) is 0 Å². The number of Topliss-reactive ketones (excluding diaryl/α,β-unsaturated/α-hetero) is 2. The van der Waals surface area contributed by atoms with Crippen LogP contribution < -0.4 is 0 Å². The minimum absolute atomic E-state index is 0.000577. The number of hydrogen-bond donors (Lipinski definition) is 0. The summed E-state index contributed by atoms with van der Waals surface area (Å²) in [6, 6.07) is 16.6. The molecule has 0 spiro atoms. The van der Waals surface area contributed by atoms with Crippen LogP contribution in [-0.2, 0) is 0 Å². The van der Waals surface area contributed by atoms with E-state index in [1.54, 1.807) is 12.1 Å². The number of ketones is 2. The summed E-state index contributed by atoms with van der Waals surface area (Å²) in [5.41, 5.74) is 1.92. The topological polar surface area (TPSA) is 86.2 Å². The Balaban J connectivity index is 1.39. The first kappa shape index (κ1) is 19.3. The molecule has 6 rings (SSSR count). The fourth-order valence-corrected chi connectivity index (χ4v) is 4.46. The lowest BCUT2D eigenvalue weighted by Crippen LogP contribution is -2.00. The van der Waals surface area contributed by atoms with Gasteiger partial charge in [0.05, 0.1) is 5.57 Å². The van der Waals surface area contributed by atoms with Gasteiger partial charge in [-0.05, 0) is 79.0 Å². The Labute approximate surface area is 197 Å². The molecule has 0 saturated carbocycles. The highest BCUT2D eigenvalue weighted by Gasteiger charge is 2.34. The SMILES string of the molecule is O=C1C(=Cc2nc3oc(-c4ccccc4)nc3o2)C(=O)c2cc3cc(Br)c(Br)cc3cc21. The number of benzene rings is 3. The Morgan fingerprint density at radius 1 is 0.750 bits per heavy atom. The molecule has 0 N–H and O–H groups in total. The maximum absolute atomic E-state index is 13.0. The summed E-state index contributed by atoms with van der Waals surface area (Å²) in [6.45, 7) is 0. The van der Waals surface area contributed by atoms with Gasteiger partial charge < -0.3 is 8.83 Å². The average molecular weight is 550 g/mol. The molecule has 0 radical (unpaired) electrons. The molecule has 3 aromatic carbocycles. The predicted molar refractivity (Wildman–Crippen MR) is 125 cm³/mol. The number of halogens is 2. The molecule has 0 aliphatic heterocycles. The third-order valence-corrected chi connectivity index (χ3v) is 7.12. The van der Waals surface area contributed by atoms with E-state index in [4.69, 9.17) is 8.83 Å². The van der Waals surface area contributed by atoms with Crippen molar-refractivity contribution >= 4 is 71.7 Å². The number of rotatable bonds is 2. The summed E-state index contributed by atoms with van der Waals surface area (Å²) in [5, 5.41) is 1.71. The number of allylic oxidation sites excluding steroid dienone is 1. The van der Waals surface area contributed by atoms with E-state index in [0.717, 1.165) is 25.3 Å². The smallest absolute Gasteiger partial charge is 0.288 e. The molecule has 1 aliphatic carbocycles. The molecule has 0 amide bonds. The monoisotopic (exact) mass is 548 g/mol. The Morgan fingerprint density at radius 2 is 1.34 bits per heavy atom. The van der Waals surface area contributed by atoms with Crippen LogP contribution in [0.15, 0.2) is 78.0 Å². The van der Waals surface area contributed by atoms with Gasteiger partial charge in [-0.3, -0.25) is 9.59 Å². The molecule has 0 atom stereocenters. The van der Waals surface area contributed by atoms with Crippen molar-refractivity contribution in [2.45, 2.75) is 0 Å². The van der Waals surface area contributed by atoms with Crippen molar-refractivity contribution in [3.05, 3.63) is 86.1 Å². The molecule has 2 aromatic heterocycles. The van der Waals surface area contributed by atoms with Crippen molar-refractivity contribution in [2.75, 3.05) is 0 Å². The van der Waals surface area contributed by atoms with Gasteiger partial charge in [0.15, 0.2) is 11.6 Å². The Hall–Kier alpha value is -3.36. The number of hydrogen-bond acceptors (Lipinski definition) is 6. The lowest BCUT2D eigenvalue weighted by molar-refractivity contribution is 0.0990. The summed E-state index contributed by atoms with van der Waals surface area (Å²) in [6.07, 6.45) is 1.35. The van der Waals surface area contributed by atoms with Gasteiger partial charge >= 0.3 is 0 Å². The van der Waals surface area contributed by atoms with E-state index in [2.05, 4.69) is 41.8 Å². The minimum Gasteiger partial charge on any atom is -0.415 e. The van der Waals surface area contributed by atoms with Crippen LogP contribution in [0.2, 0.25) is 0 Å². The molecule has 8 heteroatoms. The van der Waals surface area contributed by atoms with Gasteiger partial charge in [0, 0.05) is 31.7 Å². The molecule has 32 heavy (non-hydrogen) atoms. The molecule has 0 unspecified atom stereocenters. The fourth-order valence-electron chi connectivity index (χ4n) is 3.74. The van der Waals surface area contributed by atoms with Gasteiger partial charge in [-0.15, -0.1) is 0 Å². The number of carbonyl (C=O) groups is 2. The maximum Gasteiger partial charge on any atom is 0.288 e. The van der Waals surface area contributed by atoms with E-state index in [0.29, 0.717) is 17.0 Å². The quantitative estimate of drug-likeness (QED) is 0.181. The summed E-state index contributed by atoms with van der Waals surface area (Å²) in [5.74, 6) is -0.252. The van der Waals surface area contributed by atoms with Crippen LogP contribution in [-0.4, -0.2) is 21.5 Å². The van der Waals surface area contributed by atoms with E-state index in [9.17, 15) is 9.59 Å². The molecule has 6 nitrogen and oxygen atoms in total. The van der Waals surface area contributed by atoms with Gasteiger partial charge in [0.2, 0.25) is 11.8 Å². The Kier molecular flexibility index (Phi) is 4.28. The van der Waals surface area contributed by atoms with E-state index in [1.807, 2.05) is 42.5 Å². The van der Waals surface area contributed by atoms with Gasteiger partial charge in [-0.25, -0.2) is 0 Å². The zero-order valence-electron chi connectivity index (χ0n) is 16.1. The predicted octanol–water partition coefficient (Wildman–Crippen LogP) is 6.62. The minimum atomic E-state index is -0.362. The number of nitrogens with zero attached hydrogens (tertiary/aromatic N) is 2. The van der Waals surface area contributed by atoms with E-state index < -0.39 is 0 Å². The molecule has 1 aliphatic rings. The summed E-state index contributed by atoms with van der Waals surface area (Å²) < 4.78 is 13.0. The second kappa shape index (κ2) is 7.08. The van der Waals surface area contributed by atoms with Crippen molar-refractivity contribution in [1.29, 1.82) is 0 Å². The van der Waals surface area contributed by atoms with Crippen LogP contribution >= 0.6 is 31.9 Å². The van der Waals surface area contributed by atoms with Crippen molar-refractivity contribution in [1.82, 2.24) is 9.97 Å². The number of carbonyl (C=O) groups excluding carboxylic acids is 2. The first-order valence-corrected chi connectivity index (χ1v) is 11.1. The summed E-state index contributed by atoms with van der Waals surface area (Å²) >= 11 is 6.93. The molecule has 0 fully saturated rings. The van der Waals surface area contributed by atoms with Crippen LogP contribution in [0.4, 0.5) is 0 Å². The van der Waals surface area contributed by atoms with Crippen molar-refractivity contribution in [2.24, 2.45) is 0 Å². The first-order valence-electron chi connectivity index (χ1n) is 9.54. The Bertz CT molecular complexity index is 1540. The van der Waals surface area contributed by atoms with Crippen LogP contribution in [0.1, 0.15) is 26.6 Å². The van der Waals surface area contributed by atoms with Crippen molar-refractivity contribution in [3.8, 4) is 11.5 Å². The normalized spacial score (nSPS) is 13.4. The molecule has 2 heterocycles. The third kappa shape index (κ3) is 2.98. The lowest BCUT2D eigenvalue weighted by Gasteiger charge is -2.04. The lowest BCUT2D eigenvalue weighted by atomic mass is 10.0. The first-order chi connectivity index (χ1) is 15.5. The van der Waals surface area contributed by atoms with Crippen LogP contribution in [0, 0.1) is 0 Å². The highest BCUT2D eigenvalue weighted by Crippen LogP contribution is 2.35. The second-order valence-corrected chi connectivity index (χ2v) is 8.98. The average Bonchev–Trinajstić information content (AvgIpc) is 3.42. The van der Waals surface area contributed by atoms with Gasteiger partial charge in [0.25, 0.3) is 11.4 Å². The highest BCUT2D eigenvalue weighted by atomic mass is 79.9. The summed E-state index contributed by atoms with van der Waals surface area (Å²) in [4.78, 5) is 34.5. The molecular weight excluding hydrogens is 540 g/mol. The number of fused-ring (bicyclic) bond motifs is 3. The van der Waals surface area contributed by atoms with Gasteiger partial charge in [0.1, 0.15) is 0 Å². The molecule has 0 saturated heterocycles. The third-order valence-electron chi connectivity index (χ3n) is 5.28. The number of oxazole rings is 2. The van der Waals surface area contributed by atoms with E-state index in [1.165, 1.54) is 6.08 Å². The Morgan fingerprint density at radius 3 is 1.94 bits per heavy atom. The standard InChI is InChI=1S/C24H10Br2N2O4/c25-17-8-12-6-14-15(7-13(12)9-18(17)26)21(30)16(20(14)29)10-19-27-23-24(31-19)28-22(32-23)11-4-2-1-3-5-11/h1-10H. The zero-order valence-corrected chi connectivity index (χ0v) is 19.2. The second-order valence-electron chi connectivity index (χ2n) is 7.27. The number of aromatic nitrogens is 2. The molecular formula is C24H10Br2N2O4. The van der Waals surface area contributed by atoms with Gasteiger partial charge in [-0.1, -0.05) is 18.2 Å². The highest BCUT2D eigenvalue weighted by molar-refractivity contribution is 9.13. The molecule has 154 valence electrons. The van der Waals surface area contributed by atoms with Crippen LogP contribution in [0.5, 0.6) is 0 Å². The zero-order chi connectivity index (χ0) is 22.0. The maximum atomic E-state index is 13.0. The van der Waals surface area contributed by atoms with E-state index in [-0.39, 0.29) is 34.5 Å². The van der Waals surface area contributed by atoms with Crippen LogP contribution in [0.25, 0.3) is 39.7 Å². The van der Waals surface area contributed by atoms with E-state index >= 15 is 0 Å². The molecule has 5 aromatic rings.